The van der Waals surface area contributed by atoms with E-state index in [0.717, 1.165) is 23.2 Å². The van der Waals surface area contributed by atoms with E-state index in [4.69, 9.17) is 0 Å². The minimum absolute atomic E-state index is 0.652. The molecule has 0 radical (unpaired) electrons. The first-order valence-corrected chi connectivity index (χ1v) is 5.65. The van der Waals surface area contributed by atoms with Gasteiger partial charge in [0.15, 0.2) is 0 Å². The molecule has 3 aromatic rings. The van der Waals surface area contributed by atoms with Crippen LogP contribution in [-0.4, -0.2) is 9.55 Å². The van der Waals surface area contributed by atoms with E-state index in [2.05, 4.69) is 4.98 Å². The van der Waals surface area contributed by atoms with Crippen molar-refractivity contribution < 1.29 is 13.2 Å². The molecular weight excluding hydrogens is 253 g/mol. The molecule has 1 aromatic carbocycles. The second-order valence-electron chi connectivity index (χ2n) is 4.15. The number of halogens is 3. The monoisotopic (exact) mass is 262 g/mol. The van der Waals surface area contributed by atoms with E-state index in [1.165, 1.54) is 12.1 Å². The first-order valence-electron chi connectivity index (χ1n) is 5.65. The van der Waals surface area contributed by atoms with Gasteiger partial charge in [-0.15, -0.1) is 0 Å². The van der Waals surface area contributed by atoms with Crippen molar-refractivity contribution in [3.63, 3.8) is 0 Å². The average molecular weight is 262 g/mol. The zero-order chi connectivity index (χ0) is 13.5. The van der Waals surface area contributed by atoms with Gasteiger partial charge in [0.1, 0.15) is 5.65 Å². The molecule has 0 N–H and O–H groups in total. The molecule has 96 valence electrons. The molecule has 2 aromatic heterocycles. The Morgan fingerprint density at radius 3 is 2.37 bits per heavy atom. The fourth-order valence-corrected chi connectivity index (χ4v) is 1.99. The zero-order valence-electron chi connectivity index (χ0n) is 9.72. The van der Waals surface area contributed by atoms with Crippen molar-refractivity contribution in [1.82, 2.24) is 9.55 Å². The fourth-order valence-electron chi connectivity index (χ4n) is 1.99. The molecule has 0 aliphatic heterocycles. The van der Waals surface area contributed by atoms with Crippen LogP contribution < -0.4 is 0 Å². The van der Waals surface area contributed by atoms with Gasteiger partial charge in [-0.1, -0.05) is 0 Å². The van der Waals surface area contributed by atoms with Gasteiger partial charge in [0, 0.05) is 23.5 Å². The summed E-state index contributed by atoms with van der Waals surface area (Å²) in [7, 11) is 0. The third-order valence-corrected chi connectivity index (χ3v) is 2.92. The molecule has 0 atom stereocenters. The fraction of sp³-hybridized carbons (Fsp3) is 0.0714. The summed E-state index contributed by atoms with van der Waals surface area (Å²) in [5.41, 5.74) is 0.727. The van der Waals surface area contributed by atoms with E-state index < -0.39 is 11.7 Å². The lowest BCUT2D eigenvalue weighted by Gasteiger charge is -2.08. The Morgan fingerprint density at radius 1 is 0.947 bits per heavy atom. The van der Waals surface area contributed by atoms with Crippen molar-refractivity contribution >= 4 is 11.0 Å². The first-order chi connectivity index (χ1) is 9.05. The number of alkyl halides is 3. The molecule has 0 saturated carbocycles. The largest absolute Gasteiger partial charge is 0.416 e. The number of aromatic nitrogens is 2. The van der Waals surface area contributed by atoms with Gasteiger partial charge in [0.05, 0.1) is 5.56 Å². The molecule has 0 amide bonds. The van der Waals surface area contributed by atoms with E-state index in [1.807, 2.05) is 18.2 Å². The number of pyridine rings is 1. The predicted octanol–water partition coefficient (Wildman–Crippen LogP) is 4.04. The molecule has 19 heavy (non-hydrogen) atoms. The van der Waals surface area contributed by atoms with E-state index in [9.17, 15) is 13.2 Å². The lowest BCUT2D eigenvalue weighted by atomic mass is 10.2. The number of benzene rings is 1. The molecule has 0 bridgehead atoms. The Kier molecular flexibility index (Phi) is 2.55. The lowest BCUT2D eigenvalue weighted by molar-refractivity contribution is -0.137. The van der Waals surface area contributed by atoms with Gasteiger partial charge in [-0.3, -0.25) is 0 Å². The van der Waals surface area contributed by atoms with Crippen LogP contribution >= 0.6 is 0 Å². The number of hydrogen-bond donors (Lipinski definition) is 0. The van der Waals surface area contributed by atoms with Crippen LogP contribution in [0.2, 0.25) is 0 Å². The maximum absolute atomic E-state index is 12.5. The summed E-state index contributed by atoms with van der Waals surface area (Å²) in [6.45, 7) is 0. The van der Waals surface area contributed by atoms with Crippen LogP contribution in [0.4, 0.5) is 13.2 Å². The normalized spacial score (nSPS) is 11.9. The Morgan fingerprint density at radius 2 is 1.68 bits per heavy atom. The van der Waals surface area contributed by atoms with Crippen molar-refractivity contribution in [2.45, 2.75) is 6.18 Å². The second-order valence-corrected chi connectivity index (χ2v) is 4.15. The maximum atomic E-state index is 12.5. The highest BCUT2D eigenvalue weighted by Gasteiger charge is 2.30. The highest BCUT2D eigenvalue weighted by molar-refractivity contribution is 5.77. The lowest BCUT2D eigenvalue weighted by Crippen LogP contribution is -2.04. The molecule has 0 fully saturated rings. The van der Waals surface area contributed by atoms with Crippen LogP contribution in [0.1, 0.15) is 5.56 Å². The highest BCUT2D eigenvalue weighted by atomic mass is 19.4. The molecule has 0 unspecified atom stereocenters. The zero-order valence-corrected chi connectivity index (χ0v) is 9.72. The van der Waals surface area contributed by atoms with Crippen molar-refractivity contribution in [1.29, 1.82) is 0 Å². The summed E-state index contributed by atoms with van der Waals surface area (Å²) >= 11 is 0. The third kappa shape index (κ3) is 2.07. The minimum atomic E-state index is -4.31. The summed E-state index contributed by atoms with van der Waals surface area (Å²) in [5, 5.41) is 0.947. The average Bonchev–Trinajstić information content (AvgIpc) is 2.82. The van der Waals surface area contributed by atoms with E-state index in [0.29, 0.717) is 5.69 Å². The smallest absolute Gasteiger partial charge is 0.301 e. The number of nitrogens with zero attached hydrogens (tertiary/aromatic N) is 2. The van der Waals surface area contributed by atoms with Gasteiger partial charge in [-0.2, -0.15) is 13.2 Å². The van der Waals surface area contributed by atoms with E-state index in [-0.39, 0.29) is 0 Å². The Hall–Kier alpha value is -2.30. The topological polar surface area (TPSA) is 17.8 Å². The van der Waals surface area contributed by atoms with Crippen LogP contribution in [0.3, 0.4) is 0 Å². The van der Waals surface area contributed by atoms with Crippen LogP contribution in [0.15, 0.2) is 54.9 Å². The van der Waals surface area contributed by atoms with Crippen LogP contribution in [0, 0.1) is 0 Å². The predicted molar refractivity (Wildman–Crippen MR) is 66.1 cm³/mol. The molecule has 0 saturated heterocycles. The SMILES string of the molecule is FC(F)(F)c1ccc(-n2ccc3cccnc32)cc1. The van der Waals surface area contributed by atoms with Gasteiger partial charge in [-0.25, -0.2) is 4.98 Å². The molecule has 2 nitrogen and oxygen atoms in total. The quantitative estimate of drug-likeness (QED) is 0.647. The Bertz CT molecular complexity index is 711. The van der Waals surface area contributed by atoms with Crippen molar-refractivity contribution in [3.8, 4) is 5.69 Å². The van der Waals surface area contributed by atoms with E-state index >= 15 is 0 Å². The maximum Gasteiger partial charge on any atom is 0.416 e. The van der Waals surface area contributed by atoms with Crippen molar-refractivity contribution in [2.75, 3.05) is 0 Å². The van der Waals surface area contributed by atoms with Gasteiger partial charge in [0.2, 0.25) is 0 Å². The molecule has 2 heterocycles. The van der Waals surface area contributed by atoms with Crippen LogP contribution in [-0.2, 0) is 6.18 Å². The third-order valence-electron chi connectivity index (χ3n) is 2.92. The number of rotatable bonds is 1. The van der Waals surface area contributed by atoms with Gasteiger partial charge in [-0.05, 0) is 42.5 Å². The molecule has 0 spiro atoms. The summed E-state index contributed by atoms with van der Waals surface area (Å²) < 4.78 is 39.2. The highest BCUT2D eigenvalue weighted by Crippen LogP contribution is 2.30. The Balaban J connectivity index is 2.07. The molecular formula is C14H9F3N2. The number of fused-ring (bicyclic) bond motifs is 1. The summed E-state index contributed by atoms with van der Waals surface area (Å²) in [6.07, 6.45) is -0.862. The number of hydrogen-bond acceptors (Lipinski definition) is 1. The Labute approximate surface area is 107 Å². The standard InChI is InChI=1S/C14H9F3N2/c15-14(16,17)11-3-5-12(6-4-11)19-9-7-10-2-1-8-18-13(10)19/h1-9H. The van der Waals surface area contributed by atoms with Crippen LogP contribution in [0.25, 0.3) is 16.7 Å². The molecule has 0 aliphatic rings. The van der Waals surface area contributed by atoms with Crippen molar-refractivity contribution in [2.24, 2.45) is 0 Å². The molecule has 0 aliphatic carbocycles. The van der Waals surface area contributed by atoms with Gasteiger partial charge in [0.25, 0.3) is 0 Å². The minimum Gasteiger partial charge on any atom is -0.301 e. The van der Waals surface area contributed by atoms with Crippen LogP contribution in [0.5, 0.6) is 0 Å². The summed E-state index contributed by atoms with van der Waals surface area (Å²) in [5.74, 6) is 0. The summed E-state index contributed by atoms with van der Waals surface area (Å²) in [4.78, 5) is 4.23. The van der Waals surface area contributed by atoms with Crippen molar-refractivity contribution in [3.05, 3.63) is 60.4 Å². The van der Waals surface area contributed by atoms with Gasteiger partial charge >= 0.3 is 6.18 Å². The first kappa shape index (κ1) is 11.8. The molecule has 5 heteroatoms. The van der Waals surface area contributed by atoms with E-state index in [1.54, 1.807) is 17.0 Å². The second kappa shape index (κ2) is 4.12. The van der Waals surface area contributed by atoms with Gasteiger partial charge < -0.3 is 4.57 Å². The summed E-state index contributed by atoms with van der Waals surface area (Å²) in [6, 6.07) is 10.6. The molecule has 3 rings (SSSR count).